The number of hydrogen-bond donors (Lipinski definition) is 13. The highest BCUT2D eigenvalue weighted by molar-refractivity contribution is 5.98. The Bertz CT molecular complexity index is 2030. The molecule has 2 unspecified atom stereocenters. The number of aliphatic hydroxyl groups excluding tert-OH is 6. The van der Waals surface area contributed by atoms with Crippen molar-refractivity contribution in [3.05, 3.63) is 29.8 Å². The highest BCUT2D eigenvalue weighted by Gasteiger charge is 2.48. The topological polar surface area (TPSA) is 371 Å². The van der Waals surface area contributed by atoms with Crippen LogP contribution >= 0.6 is 0 Å². The lowest BCUT2D eigenvalue weighted by Crippen LogP contribution is -2.64. The van der Waals surface area contributed by atoms with E-state index in [-0.39, 0.29) is 50.1 Å². The van der Waals surface area contributed by atoms with Gasteiger partial charge in [-0.05, 0) is 68.6 Å². The maximum absolute atomic E-state index is 14.3. The Labute approximate surface area is 426 Å². The zero-order valence-corrected chi connectivity index (χ0v) is 42.5. The molecule has 4 rings (SSSR count). The molecule has 3 fully saturated rings. The molecule has 3 aliphatic rings. The molecular weight excluding hydrogens is 953 g/mol. The first-order chi connectivity index (χ1) is 34.5. The highest BCUT2D eigenvalue weighted by atomic mass is 16.3. The first-order valence-corrected chi connectivity index (χ1v) is 25.8. The summed E-state index contributed by atoms with van der Waals surface area (Å²) in [7, 11) is 0. The number of fused-ring (bicyclic) bond motifs is 2. The second-order valence-electron chi connectivity index (χ2n) is 20.3. The number of unbranched alkanes of at least 4 members (excludes halogenated alkanes) is 5. The molecule has 3 heterocycles. The average Bonchev–Trinajstić information content (AvgIpc) is 3.93. The standard InChI is InChI=1S/C50H80N8O15/c1-5-27(2)23-28(3)13-10-8-6-7-9-11-15-38(65)53-33-14-12-21-52-48(71)42-35(62)20-22-57(42)50(73)40(36(63)25-37(51)64)55-47(70)41(44(67)43(66)30-16-18-31(60)19-17-30)56-46(69)34-24-32(61)26-58(34)49(72)39(29(4)59)54-45(33)68/h16-19,27-29,32-36,39-44,59-63,66-67H,5-15,20-26H2,1-4H3,(H2,51,64)(H,52,71)(H,53,65)(H,54,68)(H,55,70)(H,56,69)/t27?,28?,29-,32-,33-,34+,35+,36-,39+,40+,41+,42+,43+,44+/m1/s1. The molecule has 14 atom stereocenters. The van der Waals surface area contributed by atoms with Gasteiger partial charge in [-0.3, -0.25) is 38.4 Å². The van der Waals surface area contributed by atoms with Crippen LogP contribution in [0.3, 0.4) is 0 Å². The van der Waals surface area contributed by atoms with Gasteiger partial charge >= 0.3 is 0 Å². The Hall–Kier alpha value is -5.46. The maximum Gasteiger partial charge on any atom is 0.248 e. The molecule has 3 aliphatic heterocycles. The van der Waals surface area contributed by atoms with Crippen LogP contribution in [0.5, 0.6) is 5.75 Å². The number of phenolic OH excluding ortho intramolecular Hbond substituents is 1. The minimum Gasteiger partial charge on any atom is -0.508 e. The van der Waals surface area contributed by atoms with E-state index >= 15 is 0 Å². The van der Waals surface area contributed by atoms with Crippen LogP contribution in [0.4, 0.5) is 0 Å². The van der Waals surface area contributed by atoms with E-state index in [4.69, 9.17) is 5.73 Å². The molecule has 23 nitrogen and oxygen atoms in total. The molecule has 1 aromatic carbocycles. The monoisotopic (exact) mass is 1030 g/mol. The van der Waals surface area contributed by atoms with E-state index in [1.165, 1.54) is 38.3 Å². The zero-order chi connectivity index (χ0) is 54.1. The number of carbonyl (C=O) groups is 8. The van der Waals surface area contributed by atoms with Crippen LogP contribution in [0.15, 0.2) is 24.3 Å². The Morgan fingerprint density at radius 3 is 2.03 bits per heavy atom. The van der Waals surface area contributed by atoms with Crippen molar-refractivity contribution in [2.45, 2.75) is 197 Å². The van der Waals surface area contributed by atoms with Gasteiger partial charge in [0.25, 0.3) is 0 Å². The third kappa shape index (κ3) is 17.6. The summed E-state index contributed by atoms with van der Waals surface area (Å²) in [6, 6.07) is -6.07. The molecule has 410 valence electrons. The molecule has 0 aliphatic carbocycles. The van der Waals surface area contributed by atoms with E-state index < -0.39 is 140 Å². The Morgan fingerprint density at radius 1 is 0.767 bits per heavy atom. The summed E-state index contributed by atoms with van der Waals surface area (Å²) in [5.74, 6) is -7.14. The third-order valence-corrected chi connectivity index (χ3v) is 14.1. The number of aromatic hydroxyl groups is 1. The smallest absolute Gasteiger partial charge is 0.248 e. The van der Waals surface area contributed by atoms with E-state index in [2.05, 4.69) is 47.4 Å². The lowest BCUT2D eigenvalue weighted by atomic mass is 9.91. The van der Waals surface area contributed by atoms with Gasteiger partial charge in [0.1, 0.15) is 54.2 Å². The minimum absolute atomic E-state index is 0.0143. The maximum atomic E-state index is 14.3. The van der Waals surface area contributed by atoms with Gasteiger partial charge in [0.15, 0.2) is 0 Å². The van der Waals surface area contributed by atoms with Crippen LogP contribution in [0.1, 0.15) is 136 Å². The number of phenols is 1. The molecule has 23 heteroatoms. The molecule has 0 bridgehead atoms. The van der Waals surface area contributed by atoms with Gasteiger partial charge in [0.2, 0.25) is 47.3 Å². The van der Waals surface area contributed by atoms with Crippen molar-refractivity contribution in [1.82, 2.24) is 36.4 Å². The van der Waals surface area contributed by atoms with Crippen molar-refractivity contribution in [2.75, 3.05) is 19.6 Å². The fourth-order valence-electron chi connectivity index (χ4n) is 9.76. The zero-order valence-electron chi connectivity index (χ0n) is 42.5. The van der Waals surface area contributed by atoms with E-state index in [0.29, 0.717) is 18.3 Å². The van der Waals surface area contributed by atoms with Gasteiger partial charge in [0.05, 0.1) is 30.8 Å². The van der Waals surface area contributed by atoms with Crippen LogP contribution in [0.25, 0.3) is 0 Å². The summed E-state index contributed by atoms with van der Waals surface area (Å²) in [5, 5.41) is 89.0. The van der Waals surface area contributed by atoms with Crippen molar-refractivity contribution >= 4 is 47.3 Å². The number of carbonyl (C=O) groups excluding carboxylic acids is 8. The second-order valence-corrected chi connectivity index (χ2v) is 20.3. The summed E-state index contributed by atoms with van der Waals surface area (Å²) in [6.45, 7) is 6.97. The number of nitrogens with two attached hydrogens (primary N) is 1. The fourth-order valence-corrected chi connectivity index (χ4v) is 9.76. The number of benzene rings is 1. The minimum atomic E-state index is -2.30. The Morgan fingerprint density at radius 2 is 1.38 bits per heavy atom. The van der Waals surface area contributed by atoms with Crippen molar-refractivity contribution in [1.29, 1.82) is 0 Å². The normalized spacial score (nSPS) is 27.4. The Kier molecular flexibility index (Phi) is 23.7. The van der Waals surface area contributed by atoms with Crippen LogP contribution in [0, 0.1) is 11.8 Å². The van der Waals surface area contributed by atoms with Gasteiger partial charge in [0, 0.05) is 32.5 Å². The lowest BCUT2D eigenvalue weighted by Gasteiger charge is -2.34. The van der Waals surface area contributed by atoms with Crippen LogP contribution < -0.4 is 32.3 Å². The fraction of sp³-hybridized carbons (Fsp3) is 0.720. The van der Waals surface area contributed by atoms with Crippen LogP contribution in [-0.4, -0.2) is 179 Å². The van der Waals surface area contributed by atoms with Gasteiger partial charge in [-0.1, -0.05) is 77.8 Å². The molecule has 0 saturated carbocycles. The predicted molar refractivity (Wildman–Crippen MR) is 263 cm³/mol. The number of hydrogen-bond acceptors (Lipinski definition) is 15. The number of rotatable bonds is 20. The molecule has 3 saturated heterocycles. The molecule has 0 spiro atoms. The number of nitrogens with zero attached hydrogens (tertiary/aromatic N) is 2. The SMILES string of the molecule is CCC(C)CC(C)CCCCCCCCC(=O)N[C@@H]1CCCNC(=O)[C@@H]2[C@@H](O)CCN2C(=O)[C@H]([C@H](O)CC(N)=O)NC(=O)[C@H]([C@H](O)[C@@H](O)c2ccc(O)cc2)NC(=O)[C@@H]2C[C@@H](O)CN2C(=O)[C@H]([C@@H](C)O)NC1=O. The van der Waals surface area contributed by atoms with Crippen molar-refractivity contribution in [2.24, 2.45) is 17.6 Å². The predicted octanol–water partition coefficient (Wildman–Crippen LogP) is -1.63. The third-order valence-electron chi connectivity index (χ3n) is 14.1. The first kappa shape index (κ1) is 60.1. The van der Waals surface area contributed by atoms with E-state index in [1.807, 2.05) is 0 Å². The summed E-state index contributed by atoms with van der Waals surface area (Å²) in [4.78, 5) is 112. The van der Waals surface area contributed by atoms with Gasteiger partial charge < -0.3 is 77.9 Å². The molecule has 0 aromatic heterocycles. The van der Waals surface area contributed by atoms with E-state index in [9.17, 15) is 74.1 Å². The van der Waals surface area contributed by atoms with Gasteiger partial charge in [-0.2, -0.15) is 0 Å². The van der Waals surface area contributed by atoms with Gasteiger partial charge in [-0.25, -0.2) is 0 Å². The molecule has 14 N–H and O–H groups in total. The van der Waals surface area contributed by atoms with Crippen molar-refractivity contribution < 1.29 is 74.1 Å². The summed E-state index contributed by atoms with van der Waals surface area (Å²) >= 11 is 0. The average molecular weight is 1030 g/mol. The molecule has 8 amide bonds. The first-order valence-electron chi connectivity index (χ1n) is 25.8. The summed E-state index contributed by atoms with van der Waals surface area (Å²) in [5.41, 5.74) is 5.27. The lowest BCUT2D eigenvalue weighted by molar-refractivity contribution is -0.148. The van der Waals surface area contributed by atoms with Crippen LogP contribution in [0.2, 0.25) is 0 Å². The number of primary amides is 1. The number of amides is 8. The van der Waals surface area contributed by atoms with E-state index in [1.54, 1.807) is 0 Å². The Balaban J connectivity index is 1.64. The molecule has 73 heavy (non-hydrogen) atoms. The number of aliphatic hydroxyl groups is 6. The summed E-state index contributed by atoms with van der Waals surface area (Å²) in [6.07, 6.45) is -3.42. The largest absolute Gasteiger partial charge is 0.508 e. The van der Waals surface area contributed by atoms with Crippen LogP contribution in [-0.2, 0) is 38.4 Å². The summed E-state index contributed by atoms with van der Waals surface area (Å²) < 4.78 is 0. The second kappa shape index (κ2) is 28.8. The quantitative estimate of drug-likeness (QED) is 0.0653. The van der Waals surface area contributed by atoms with Gasteiger partial charge in [-0.15, -0.1) is 0 Å². The van der Waals surface area contributed by atoms with E-state index in [0.717, 1.165) is 54.0 Å². The van der Waals surface area contributed by atoms with Crippen molar-refractivity contribution in [3.63, 3.8) is 0 Å². The molecule has 0 radical (unpaired) electrons. The number of nitrogens with one attached hydrogen (secondary N) is 5. The molecule has 1 aromatic rings. The highest BCUT2D eigenvalue weighted by Crippen LogP contribution is 2.26. The van der Waals surface area contributed by atoms with Crippen molar-refractivity contribution in [3.8, 4) is 5.75 Å². The molecular formula is C50H80N8O15.